The molecule has 1 aliphatic rings. The number of benzene rings is 1. The molecule has 0 spiro atoms. The van der Waals surface area contributed by atoms with Crippen molar-refractivity contribution in [1.82, 2.24) is 10.2 Å². The summed E-state index contributed by atoms with van der Waals surface area (Å²) in [7, 11) is 0. The van der Waals surface area contributed by atoms with Gasteiger partial charge in [-0.1, -0.05) is 38.1 Å². The van der Waals surface area contributed by atoms with E-state index in [1.807, 2.05) is 12.1 Å². The first-order valence-corrected chi connectivity index (χ1v) is 7.67. The van der Waals surface area contributed by atoms with Gasteiger partial charge < -0.3 is 15.3 Å². The van der Waals surface area contributed by atoms with Gasteiger partial charge in [0, 0.05) is 18.5 Å². The van der Waals surface area contributed by atoms with Gasteiger partial charge in [-0.05, 0) is 30.9 Å². The lowest BCUT2D eigenvalue weighted by atomic mass is 9.82. The van der Waals surface area contributed by atoms with Crippen LogP contribution in [0.3, 0.4) is 0 Å². The third kappa shape index (κ3) is 3.56. The molecule has 0 aliphatic carbocycles. The fourth-order valence-corrected chi connectivity index (χ4v) is 3.12. The van der Waals surface area contributed by atoms with Crippen molar-refractivity contribution < 1.29 is 9.90 Å². The van der Waals surface area contributed by atoms with Crippen LogP contribution in [0.15, 0.2) is 24.3 Å². The summed E-state index contributed by atoms with van der Waals surface area (Å²) >= 11 is 0. The average Bonchev–Trinajstić information content (AvgIpc) is 2.93. The van der Waals surface area contributed by atoms with Crippen LogP contribution in [0.2, 0.25) is 0 Å². The van der Waals surface area contributed by atoms with E-state index >= 15 is 0 Å². The van der Waals surface area contributed by atoms with Crippen molar-refractivity contribution >= 4 is 6.03 Å². The van der Waals surface area contributed by atoms with Crippen LogP contribution in [0, 0.1) is 6.92 Å². The molecule has 2 amide bonds. The van der Waals surface area contributed by atoms with Crippen molar-refractivity contribution in [2.75, 3.05) is 19.7 Å². The minimum absolute atomic E-state index is 0.0217. The topological polar surface area (TPSA) is 52.6 Å². The van der Waals surface area contributed by atoms with E-state index in [-0.39, 0.29) is 24.1 Å². The lowest BCUT2D eigenvalue weighted by molar-refractivity contribution is 0.156. The predicted molar refractivity (Wildman–Crippen MR) is 84.4 cm³/mol. The number of hydrogen-bond acceptors (Lipinski definition) is 2. The number of carbonyl (C=O) groups is 1. The molecule has 1 atom stereocenters. The number of urea groups is 1. The predicted octanol–water partition coefficient (Wildman–Crippen LogP) is 2.44. The molecule has 1 unspecified atom stereocenters. The van der Waals surface area contributed by atoms with Crippen molar-refractivity contribution in [2.45, 2.75) is 45.1 Å². The maximum Gasteiger partial charge on any atom is 0.317 e. The summed E-state index contributed by atoms with van der Waals surface area (Å²) in [4.78, 5) is 14.0. The quantitative estimate of drug-likeness (QED) is 0.895. The highest BCUT2D eigenvalue weighted by atomic mass is 16.3. The molecule has 2 rings (SSSR count). The molecule has 0 aromatic heterocycles. The second-order valence-electron chi connectivity index (χ2n) is 6.53. The molecule has 1 fully saturated rings. The molecule has 1 aromatic rings. The van der Waals surface area contributed by atoms with E-state index in [0.29, 0.717) is 6.54 Å². The Morgan fingerprint density at radius 3 is 2.81 bits per heavy atom. The Morgan fingerprint density at radius 1 is 1.43 bits per heavy atom. The third-order valence-corrected chi connectivity index (χ3v) is 4.40. The number of aryl methyl sites for hydroxylation is 1. The van der Waals surface area contributed by atoms with Crippen molar-refractivity contribution in [3.8, 4) is 0 Å². The highest BCUT2D eigenvalue weighted by Gasteiger charge is 2.29. The standard InChI is InChI=1S/C17H26N2O2/c1-13-7-4-5-9-15(13)17(2,3)12-18-16(21)19-10-6-8-14(19)11-20/h4-5,7,9,14,20H,6,8,10-12H2,1-3H3,(H,18,21). The van der Waals surface area contributed by atoms with E-state index < -0.39 is 0 Å². The number of aliphatic hydroxyl groups is 1. The number of rotatable bonds is 4. The molecular weight excluding hydrogens is 264 g/mol. The van der Waals surface area contributed by atoms with Crippen LogP contribution in [0.1, 0.15) is 37.8 Å². The Hall–Kier alpha value is -1.55. The SMILES string of the molecule is Cc1ccccc1C(C)(C)CNC(=O)N1CCCC1CO. The van der Waals surface area contributed by atoms with Gasteiger partial charge in [0.15, 0.2) is 0 Å². The molecule has 0 bridgehead atoms. The zero-order valence-electron chi connectivity index (χ0n) is 13.2. The number of likely N-dealkylation sites (tertiary alicyclic amines) is 1. The van der Waals surface area contributed by atoms with Crippen molar-refractivity contribution in [2.24, 2.45) is 0 Å². The number of aliphatic hydroxyl groups excluding tert-OH is 1. The first kappa shape index (κ1) is 15.8. The van der Waals surface area contributed by atoms with Gasteiger partial charge in [-0.15, -0.1) is 0 Å². The molecule has 1 aliphatic heterocycles. The number of hydrogen-bond donors (Lipinski definition) is 2. The lowest BCUT2D eigenvalue weighted by Crippen LogP contribution is -2.47. The largest absolute Gasteiger partial charge is 0.394 e. The molecule has 0 saturated carbocycles. The Balaban J connectivity index is 1.98. The van der Waals surface area contributed by atoms with E-state index in [0.717, 1.165) is 19.4 Å². The Labute approximate surface area is 127 Å². The minimum Gasteiger partial charge on any atom is -0.394 e. The van der Waals surface area contributed by atoms with Crippen molar-refractivity contribution in [3.63, 3.8) is 0 Å². The van der Waals surface area contributed by atoms with Crippen LogP contribution in [-0.2, 0) is 5.41 Å². The van der Waals surface area contributed by atoms with E-state index in [9.17, 15) is 9.90 Å². The molecule has 21 heavy (non-hydrogen) atoms. The number of nitrogens with one attached hydrogen (secondary N) is 1. The smallest absolute Gasteiger partial charge is 0.317 e. The molecule has 1 saturated heterocycles. The van der Waals surface area contributed by atoms with Gasteiger partial charge >= 0.3 is 6.03 Å². The molecule has 1 heterocycles. The first-order chi connectivity index (χ1) is 9.95. The second-order valence-corrected chi connectivity index (χ2v) is 6.53. The van der Waals surface area contributed by atoms with E-state index in [1.54, 1.807) is 4.90 Å². The van der Waals surface area contributed by atoms with Crippen LogP contribution in [-0.4, -0.2) is 41.8 Å². The van der Waals surface area contributed by atoms with Gasteiger partial charge in [0.1, 0.15) is 0 Å². The Morgan fingerprint density at radius 2 is 2.14 bits per heavy atom. The number of carbonyl (C=O) groups excluding carboxylic acids is 1. The normalized spacial score (nSPS) is 18.9. The van der Waals surface area contributed by atoms with Crippen LogP contribution in [0.4, 0.5) is 4.79 Å². The fraction of sp³-hybridized carbons (Fsp3) is 0.588. The van der Waals surface area contributed by atoms with Gasteiger partial charge in [-0.3, -0.25) is 0 Å². The highest BCUT2D eigenvalue weighted by Crippen LogP contribution is 2.25. The highest BCUT2D eigenvalue weighted by molar-refractivity contribution is 5.75. The van der Waals surface area contributed by atoms with Gasteiger partial charge in [-0.2, -0.15) is 0 Å². The maximum atomic E-state index is 12.3. The summed E-state index contributed by atoms with van der Waals surface area (Å²) < 4.78 is 0. The summed E-state index contributed by atoms with van der Waals surface area (Å²) in [5.41, 5.74) is 2.38. The van der Waals surface area contributed by atoms with Gasteiger partial charge in [0.05, 0.1) is 12.6 Å². The third-order valence-electron chi connectivity index (χ3n) is 4.40. The van der Waals surface area contributed by atoms with Crippen molar-refractivity contribution in [3.05, 3.63) is 35.4 Å². The van der Waals surface area contributed by atoms with Crippen LogP contribution < -0.4 is 5.32 Å². The zero-order valence-corrected chi connectivity index (χ0v) is 13.2. The molecule has 0 radical (unpaired) electrons. The van der Waals surface area contributed by atoms with Gasteiger partial charge in [0.2, 0.25) is 0 Å². The molecule has 116 valence electrons. The molecular formula is C17H26N2O2. The molecule has 2 N–H and O–H groups in total. The van der Waals surface area contributed by atoms with Gasteiger partial charge in [0.25, 0.3) is 0 Å². The number of amides is 2. The molecule has 4 heteroatoms. The summed E-state index contributed by atoms with van der Waals surface area (Å²) in [5, 5.41) is 12.3. The molecule has 1 aromatic carbocycles. The summed E-state index contributed by atoms with van der Waals surface area (Å²) in [6.07, 6.45) is 1.87. The Bertz CT molecular complexity index is 499. The lowest BCUT2D eigenvalue weighted by Gasteiger charge is -2.30. The maximum absolute atomic E-state index is 12.3. The van der Waals surface area contributed by atoms with Crippen molar-refractivity contribution in [1.29, 1.82) is 0 Å². The fourth-order valence-electron chi connectivity index (χ4n) is 3.12. The first-order valence-electron chi connectivity index (χ1n) is 7.67. The second kappa shape index (κ2) is 6.48. The summed E-state index contributed by atoms with van der Waals surface area (Å²) in [6, 6.07) is 8.20. The van der Waals surface area contributed by atoms with E-state index in [4.69, 9.17) is 0 Å². The molecule has 4 nitrogen and oxygen atoms in total. The Kier molecular flexibility index (Phi) is 4.88. The number of nitrogens with zero attached hydrogens (tertiary/aromatic N) is 1. The van der Waals surface area contributed by atoms with Crippen LogP contribution >= 0.6 is 0 Å². The van der Waals surface area contributed by atoms with Crippen LogP contribution in [0.5, 0.6) is 0 Å². The monoisotopic (exact) mass is 290 g/mol. The minimum atomic E-state index is -0.116. The zero-order chi connectivity index (χ0) is 15.5. The van der Waals surface area contributed by atoms with Gasteiger partial charge in [-0.25, -0.2) is 4.79 Å². The van der Waals surface area contributed by atoms with E-state index in [1.165, 1.54) is 11.1 Å². The summed E-state index contributed by atoms with van der Waals surface area (Å²) in [6.45, 7) is 7.76. The summed E-state index contributed by atoms with van der Waals surface area (Å²) in [5.74, 6) is 0. The van der Waals surface area contributed by atoms with Crippen LogP contribution in [0.25, 0.3) is 0 Å². The average molecular weight is 290 g/mol. The van der Waals surface area contributed by atoms with E-state index in [2.05, 4.69) is 38.2 Å².